The van der Waals surface area contributed by atoms with Gasteiger partial charge in [0.2, 0.25) is 0 Å². The van der Waals surface area contributed by atoms with Crippen molar-refractivity contribution >= 4 is 23.5 Å². The van der Waals surface area contributed by atoms with Gasteiger partial charge in [0.15, 0.2) is 5.78 Å². The van der Waals surface area contributed by atoms with Crippen molar-refractivity contribution in [2.75, 3.05) is 0 Å². The molecule has 24 heavy (non-hydrogen) atoms. The van der Waals surface area contributed by atoms with Gasteiger partial charge in [0.1, 0.15) is 11.5 Å². The lowest BCUT2D eigenvalue weighted by atomic mass is 10.0. The molecule has 0 saturated carbocycles. The summed E-state index contributed by atoms with van der Waals surface area (Å²) in [6.45, 7) is 3.80. The number of Topliss-reactive ketones (excluding diaryl/α,β-unsaturated/α-hetero) is 1. The van der Waals surface area contributed by atoms with E-state index in [9.17, 15) is 4.79 Å². The van der Waals surface area contributed by atoms with Crippen molar-refractivity contribution in [3.8, 4) is 11.3 Å². The van der Waals surface area contributed by atoms with E-state index in [4.69, 9.17) is 16.0 Å². The number of carbonyl (C=O) groups is 1. The number of ketones is 1. The molecule has 2 aromatic carbocycles. The summed E-state index contributed by atoms with van der Waals surface area (Å²) < 4.78 is 5.81. The maximum Gasteiger partial charge on any atom is 0.188 e. The second kappa shape index (κ2) is 6.90. The normalized spacial score (nSPS) is 11.5. The smallest absolute Gasteiger partial charge is 0.188 e. The van der Waals surface area contributed by atoms with Gasteiger partial charge in [-0.05, 0) is 56.3 Å². The molecule has 0 N–H and O–H groups in total. The maximum absolute atomic E-state index is 12.4. The number of halogens is 1. The molecule has 0 amide bonds. The van der Waals surface area contributed by atoms with Crippen molar-refractivity contribution in [2.24, 2.45) is 0 Å². The lowest BCUT2D eigenvalue weighted by molar-refractivity contribution is 0.103. The van der Waals surface area contributed by atoms with Crippen LogP contribution in [0.2, 0.25) is 5.02 Å². The number of rotatable bonds is 4. The Morgan fingerprint density at radius 1 is 0.958 bits per heavy atom. The highest BCUT2D eigenvalue weighted by Gasteiger charge is 2.09. The number of furan rings is 1. The summed E-state index contributed by atoms with van der Waals surface area (Å²) in [5.41, 5.74) is 3.39. The van der Waals surface area contributed by atoms with Crippen LogP contribution < -0.4 is 0 Å². The third kappa shape index (κ3) is 3.66. The molecule has 0 aliphatic carbocycles. The fourth-order valence-electron chi connectivity index (χ4n) is 2.41. The van der Waals surface area contributed by atoms with Crippen LogP contribution in [-0.4, -0.2) is 5.78 Å². The average Bonchev–Trinajstić information content (AvgIpc) is 3.04. The molecule has 0 atom stereocenters. The molecule has 0 saturated heterocycles. The Bertz CT molecular complexity index is 884. The van der Waals surface area contributed by atoms with Gasteiger partial charge in [-0.25, -0.2) is 0 Å². The molecule has 3 heteroatoms. The first-order valence-corrected chi connectivity index (χ1v) is 8.06. The predicted molar refractivity (Wildman–Crippen MR) is 98.3 cm³/mol. The van der Waals surface area contributed by atoms with Gasteiger partial charge in [-0.2, -0.15) is 0 Å². The lowest BCUT2D eigenvalue weighted by Crippen LogP contribution is -2.00. The first-order chi connectivity index (χ1) is 11.5. The van der Waals surface area contributed by atoms with Crippen LogP contribution in [0.5, 0.6) is 0 Å². The molecule has 2 nitrogen and oxygen atoms in total. The number of hydrogen-bond acceptors (Lipinski definition) is 2. The van der Waals surface area contributed by atoms with Crippen molar-refractivity contribution in [2.45, 2.75) is 13.8 Å². The van der Waals surface area contributed by atoms with Crippen LogP contribution in [0.4, 0.5) is 0 Å². The zero-order chi connectivity index (χ0) is 17.1. The van der Waals surface area contributed by atoms with Crippen molar-refractivity contribution < 1.29 is 9.21 Å². The van der Waals surface area contributed by atoms with E-state index in [0.29, 0.717) is 21.9 Å². The molecule has 0 aliphatic heterocycles. The van der Waals surface area contributed by atoms with Crippen LogP contribution >= 0.6 is 11.6 Å². The molecular formula is C21H17ClO2. The number of hydrogen-bond donors (Lipinski definition) is 0. The summed E-state index contributed by atoms with van der Waals surface area (Å²) in [5.74, 6) is 1.39. The Morgan fingerprint density at radius 3 is 2.29 bits per heavy atom. The van der Waals surface area contributed by atoms with E-state index in [1.807, 2.05) is 67.6 Å². The van der Waals surface area contributed by atoms with Gasteiger partial charge < -0.3 is 4.42 Å². The maximum atomic E-state index is 12.4. The molecule has 0 unspecified atom stereocenters. The fraction of sp³-hybridized carbons (Fsp3) is 0.0952. The molecule has 3 aromatic rings. The third-order valence-electron chi connectivity index (χ3n) is 3.79. The largest absolute Gasteiger partial charge is 0.457 e. The minimum Gasteiger partial charge on any atom is -0.457 e. The summed E-state index contributed by atoms with van der Waals surface area (Å²) in [5, 5.41) is 0.685. The molecule has 120 valence electrons. The molecular weight excluding hydrogens is 320 g/mol. The number of allylic oxidation sites excluding steroid dienone is 1. The van der Waals surface area contributed by atoms with Crippen molar-refractivity contribution in [1.29, 1.82) is 0 Å². The van der Waals surface area contributed by atoms with Crippen LogP contribution in [0.25, 0.3) is 17.4 Å². The fourth-order valence-corrected chi connectivity index (χ4v) is 2.54. The summed E-state index contributed by atoms with van der Waals surface area (Å²) in [7, 11) is 0. The van der Waals surface area contributed by atoms with Crippen molar-refractivity contribution in [3.63, 3.8) is 0 Å². The summed E-state index contributed by atoms with van der Waals surface area (Å²) in [6, 6.07) is 18.7. The van der Waals surface area contributed by atoms with E-state index >= 15 is 0 Å². The zero-order valence-electron chi connectivity index (χ0n) is 13.5. The minimum atomic E-state index is -0.000516. The highest BCUT2D eigenvalue weighted by Crippen LogP contribution is 2.25. The van der Waals surface area contributed by atoms with E-state index in [2.05, 4.69) is 0 Å². The van der Waals surface area contributed by atoms with Crippen LogP contribution in [-0.2, 0) is 0 Å². The first-order valence-electron chi connectivity index (χ1n) is 7.68. The quantitative estimate of drug-likeness (QED) is 0.419. The zero-order valence-corrected chi connectivity index (χ0v) is 14.3. The van der Waals surface area contributed by atoms with Crippen LogP contribution in [0.15, 0.2) is 70.7 Å². The highest BCUT2D eigenvalue weighted by molar-refractivity contribution is 6.30. The van der Waals surface area contributed by atoms with Crippen LogP contribution in [0.1, 0.15) is 28.6 Å². The first kappa shape index (κ1) is 16.3. The number of carbonyl (C=O) groups excluding carboxylic acids is 1. The van der Waals surface area contributed by atoms with Gasteiger partial charge in [0.25, 0.3) is 0 Å². The van der Waals surface area contributed by atoms with Crippen molar-refractivity contribution in [1.82, 2.24) is 0 Å². The van der Waals surface area contributed by atoms with Gasteiger partial charge in [0.05, 0.1) is 0 Å². The molecule has 0 radical (unpaired) electrons. The number of benzene rings is 2. The standard InChI is InChI=1S/C21H17ClO2/c1-14-3-5-17(6-4-14)21(23)15(2)13-19-11-12-20(24-19)16-7-9-18(22)10-8-16/h3-13H,1-2H3. The molecule has 3 rings (SSSR count). The molecule has 0 aliphatic rings. The van der Waals surface area contributed by atoms with E-state index in [0.717, 1.165) is 16.9 Å². The highest BCUT2D eigenvalue weighted by atomic mass is 35.5. The topological polar surface area (TPSA) is 30.2 Å². The Kier molecular flexibility index (Phi) is 4.68. The summed E-state index contributed by atoms with van der Waals surface area (Å²) in [4.78, 5) is 12.4. The lowest BCUT2D eigenvalue weighted by Gasteiger charge is -2.01. The van der Waals surface area contributed by atoms with Crippen molar-refractivity contribution in [3.05, 3.63) is 88.1 Å². The molecule has 1 heterocycles. The van der Waals surface area contributed by atoms with Crippen LogP contribution in [0.3, 0.4) is 0 Å². The molecule has 1 aromatic heterocycles. The van der Waals surface area contributed by atoms with E-state index in [1.54, 1.807) is 13.0 Å². The summed E-state index contributed by atoms with van der Waals surface area (Å²) in [6.07, 6.45) is 1.77. The Labute approximate surface area is 146 Å². The van der Waals surface area contributed by atoms with E-state index in [-0.39, 0.29) is 5.78 Å². The molecule has 0 spiro atoms. The second-order valence-electron chi connectivity index (χ2n) is 5.73. The molecule has 0 fully saturated rings. The minimum absolute atomic E-state index is 0.000516. The molecule has 0 bridgehead atoms. The van der Waals surface area contributed by atoms with Crippen LogP contribution in [0, 0.1) is 6.92 Å². The predicted octanol–water partition coefficient (Wildman–Crippen LogP) is 6.19. The third-order valence-corrected chi connectivity index (χ3v) is 4.04. The van der Waals surface area contributed by atoms with Gasteiger partial charge in [-0.15, -0.1) is 0 Å². The average molecular weight is 337 g/mol. The Balaban J connectivity index is 1.82. The monoisotopic (exact) mass is 336 g/mol. The van der Waals surface area contributed by atoms with E-state index < -0.39 is 0 Å². The van der Waals surface area contributed by atoms with Gasteiger partial charge in [-0.1, -0.05) is 41.4 Å². The van der Waals surface area contributed by atoms with Gasteiger partial charge >= 0.3 is 0 Å². The second-order valence-corrected chi connectivity index (χ2v) is 6.17. The Morgan fingerprint density at radius 2 is 1.62 bits per heavy atom. The number of aryl methyl sites for hydroxylation is 1. The summed E-state index contributed by atoms with van der Waals surface area (Å²) >= 11 is 5.90. The SMILES string of the molecule is CC(=Cc1ccc(-c2ccc(Cl)cc2)o1)C(=O)c1ccc(C)cc1. The van der Waals surface area contributed by atoms with E-state index in [1.165, 1.54) is 0 Å². The van der Waals surface area contributed by atoms with Gasteiger partial charge in [-0.3, -0.25) is 4.79 Å². The Hall–Kier alpha value is -2.58. The van der Waals surface area contributed by atoms with Gasteiger partial charge in [0, 0.05) is 21.7 Å².